The molecule has 0 radical (unpaired) electrons. The summed E-state index contributed by atoms with van der Waals surface area (Å²) >= 11 is 1.24. The van der Waals surface area contributed by atoms with E-state index in [1.165, 1.54) is 34.5 Å². The van der Waals surface area contributed by atoms with Crippen LogP contribution in [0.5, 0.6) is 0 Å². The minimum Gasteiger partial charge on any atom is -0.339 e. The average Bonchev–Trinajstić information content (AvgIpc) is 3.06. The van der Waals surface area contributed by atoms with Gasteiger partial charge in [0.2, 0.25) is 11.8 Å². The molecule has 30 heavy (non-hydrogen) atoms. The van der Waals surface area contributed by atoms with E-state index in [0.717, 1.165) is 6.42 Å². The van der Waals surface area contributed by atoms with E-state index in [1.807, 2.05) is 11.8 Å². The van der Waals surface area contributed by atoms with Crippen molar-refractivity contribution < 1.29 is 14.0 Å². The Morgan fingerprint density at radius 3 is 2.73 bits per heavy atom. The largest absolute Gasteiger partial charge is 0.343 e. The van der Waals surface area contributed by atoms with Gasteiger partial charge in [0.25, 0.3) is 0 Å². The van der Waals surface area contributed by atoms with Crippen LogP contribution in [0, 0.1) is 5.82 Å². The second-order valence-corrected chi connectivity index (χ2v) is 7.91. The molecule has 1 fully saturated rings. The monoisotopic (exact) mass is 436 g/mol. The number of nitrogens with zero attached hydrogens (tertiary/aromatic N) is 4. The quantitative estimate of drug-likeness (QED) is 0.599. The number of carbonyl (C=O) groups excluding carboxylic acids is 2. The molecule has 0 bridgehead atoms. The predicted octanol–water partition coefficient (Wildman–Crippen LogP) is 0.995. The molecular weight excluding hydrogens is 411 g/mol. The number of aromatic nitrogens is 3. The van der Waals surface area contributed by atoms with E-state index in [9.17, 15) is 18.8 Å². The van der Waals surface area contributed by atoms with Gasteiger partial charge in [-0.25, -0.2) is 14.3 Å². The zero-order valence-corrected chi connectivity index (χ0v) is 17.6. The van der Waals surface area contributed by atoms with Crippen LogP contribution in [0.1, 0.15) is 13.3 Å². The number of benzene rings is 1. The van der Waals surface area contributed by atoms with E-state index in [1.54, 1.807) is 11.0 Å². The highest BCUT2D eigenvalue weighted by molar-refractivity contribution is 7.99. The Balaban J connectivity index is 1.42. The second kappa shape index (κ2) is 10.4. The van der Waals surface area contributed by atoms with Crippen LogP contribution in [0.15, 0.2) is 34.2 Å². The Labute approximate surface area is 177 Å². The minimum atomic E-state index is -0.403. The van der Waals surface area contributed by atoms with E-state index in [4.69, 9.17) is 0 Å². The number of thioether (sulfide) groups is 1. The lowest BCUT2D eigenvalue weighted by molar-refractivity contribution is -0.130. The standard InChI is InChI=1S/C19H25FN6O3S/c1-2-6-26-18(29)22-23-19(26)30-13-17(28)25-9-7-24(8-10-25)12-16(27)21-15-5-3-4-14(20)11-15/h3-5,11H,2,6-10,12-13H2,1H3,(H,21,27)(H,22,29). The second-order valence-electron chi connectivity index (χ2n) is 6.97. The van der Waals surface area contributed by atoms with E-state index in [-0.39, 0.29) is 29.8 Å². The van der Waals surface area contributed by atoms with Crippen LogP contribution in [0.2, 0.25) is 0 Å². The third-order valence-electron chi connectivity index (χ3n) is 4.70. The van der Waals surface area contributed by atoms with Crippen molar-refractivity contribution in [2.75, 3.05) is 43.8 Å². The van der Waals surface area contributed by atoms with Crippen molar-refractivity contribution >= 4 is 29.3 Å². The average molecular weight is 437 g/mol. The molecule has 0 unspecified atom stereocenters. The lowest BCUT2D eigenvalue weighted by atomic mass is 10.3. The van der Waals surface area contributed by atoms with Crippen LogP contribution < -0.4 is 11.0 Å². The molecule has 11 heteroatoms. The normalized spacial score (nSPS) is 14.7. The van der Waals surface area contributed by atoms with Crippen molar-refractivity contribution in [1.29, 1.82) is 0 Å². The maximum Gasteiger partial charge on any atom is 0.343 e. The maximum absolute atomic E-state index is 13.2. The number of halogens is 1. The fraction of sp³-hybridized carbons (Fsp3) is 0.474. The first-order valence-electron chi connectivity index (χ1n) is 9.80. The summed E-state index contributed by atoms with van der Waals surface area (Å²) in [5.74, 6) is -0.446. The molecule has 1 aliphatic rings. The molecule has 162 valence electrons. The van der Waals surface area contributed by atoms with Crippen molar-refractivity contribution in [3.8, 4) is 0 Å². The fourth-order valence-corrected chi connectivity index (χ4v) is 4.05. The number of nitrogens with one attached hydrogen (secondary N) is 2. The van der Waals surface area contributed by atoms with Crippen molar-refractivity contribution in [2.24, 2.45) is 0 Å². The number of hydrogen-bond acceptors (Lipinski definition) is 6. The number of aromatic amines is 1. The summed E-state index contributed by atoms with van der Waals surface area (Å²) < 4.78 is 14.7. The van der Waals surface area contributed by atoms with Gasteiger partial charge in [-0.2, -0.15) is 0 Å². The number of H-pyrrole nitrogens is 1. The molecule has 2 amide bonds. The number of hydrogen-bond donors (Lipinski definition) is 2. The topological polar surface area (TPSA) is 103 Å². The van der Waals surface area contributed by atoms with Crippen LogP contribution in [0.4, 0.5) is 10.1 Å². The van der Waals surface area contributed by atoms with Crippen molar-refractivity contribution in [3.05, 3.63) is 40.6 Å². The van der Waals surface area contributed by atoms with E-state index < -0.39 is 5.82 Å². The molecule has 1 saturated heterocycles. The molecular formula is C19H25FN6O3S. The smallest absolute Gasteiger partial charge is 0.339 e. The first kappa shape index (κ1) is 22.0. The molecule has 0 atom stereocenters. The molecule has 1 aromatic heterocycles. The summed E-state index contributed by atoms with van der Waals surface area (Å²) in [5, 5.41) is 9.59. The van der Waals surface area contributed by atoms with Crippen LogP contribution in [-0.4, -0.2) is 74.9 Å². The van der Waals surface area contributed by atoms with Crippen molar-refractivity contribution in [1.82, 2.24) is 24.6 Å². The SMILES string of the molecule is CCCn1c(SCC(=O)N2CCN(CC(=O)Nc3cccc(F)c3)CC2)n[nH]c1=O. The van der Waals surface area contributed by atoms with Gasteiger partial charge in [0.15, 0.2) is 5.16 Å². The molecule has 1 aliphatic heterocycles. The fourth-order valence-electron chi connectivity index (χ4n) is 3.18. The Hall–Kier alpha value is -2.66. The van der Waals surface area contributed by atoms with Gasteiger partial charge in [-0.3, -0.25) is 19.1 Å². The van der Waals surface area contributed by atoms with Crippen molar-refractivity contribution in [2.45, 2.75) is 25.0 Å². The van der Waals surface area contributed by atoms with Gasteiger partial charge in [-0.15, -0.1) is 5.10 Å². The molecule has 9 nitrogen and oxygen atoms in total. The van der Waals surface area contributed by atoms with E-state index >= 15 is 0 Å². The van der Waals surface area contributed by atoms with Gasteiger partial charge >= 0.3 is 5.69 Å². The Bertz CT molecular complexity index is 938. The summed E-state index contributed by atoms with van der Waals surface area (Å²) in [6.45, 7) is 4.92. The highest BCUT2D eigenvalue weighted by Gasteiger charge is 2.23. The lowest BCUT2D eigenvalue weighted by Crippen LogP contribution is -2.50. The minimum absolute atomic E-state index is 0.0256. The van der Waals surface area contributed by atoms with Crippen LogP contribution >= 0.6 is 11.8 Å². The van der Waals surface area contributed by atoms with Gasteiger partial charge in [-0.05, 0) is 24.6 Å². The summed E-state index contributed by atoms with van der Waals surface area (Å²) in [5.41, 5.74) is 0.155. The number of anilines is 1. The van der Waals surface area contributed by atoms with Crippen LogP contribution in [0.3, 0.4) is 0 Å². The Kier molecular flexibility index (Phi) is 7.63. The summed E-state index contributed by atoms with van der Waals surface area (Å²) in [6.07, 6.45) is 0.801. The molecule has 1 aromatic carbocycles. The van der Waals surface area contributed by atoms with Gasteiger partial charge in [0.05, 0.1) is 12.3 Å². The number of amides is 2. The van der Waals surface area contributed by atoms with Gasteiger partial charge in [0.1, 0.15) is 5.82 Å². The van der Waals surface area contributed by atoms with Gasteiger partial charge in [-0.1, -0.05) is 24.8 Å². The van der Waals surface area contributed by atoms with Crippen molar-refractivity contribution in [3.63, 3.8) is 0 Å². The third kappa shape index (κ3) is 5.92. The number of piperazine rings is 1. The highest BCUT2D eigenvalue weighted by Crippen LogP contribution is 2.15. The molecule has 3 rings (SSSR count). The first-order valence-corrected chi connectivity index (χ1v) is 10.8. The maximum atomic E-state index is 13.2. The molecule has 2 N–H and O–H groups in total. The van der Waals surface area contributed by atoms with Gasteiger partial charge in [0, 0.05) is 38.4 Å². The molecule has 0 spiro atoms. The zero-order chi connectivity index (χ0) is 21.5. The van der Waals surface area contributed by atoms with E-state index in [0.29, 0.717) is 43.6 Å². The number of rotatable bonds is 8. The van der Waals surface area contributed by atoms with E-state index in [2.05, 4.69) is 15.5 Å². The molecule has 0 saturated carbocycles. The zero-order valence-electron chi connectivity index (χ0n) is 16.8. The Morgan fingerprint density at radius 1 is 1.27 bits per heavy atom. The van der Waals surface area contributed by atoms with Gasteiger partial charge < -0.3 is 10.2 Å². The van der Waals surface area contributed by atoms with Crippen LogP contribution in [-0.2, 0) is 16.1 Å². The van der Waals surface area contributed by atoms with Crippen LogP contribution in [0.25, 0.3) is 0 Å². The third-order valence-corrected chi connectivity index (χ3v) is 5.66. The summed E-state index contributed by atoms with van der Waals surface area (Å²) in [7, 11) is 0. The predicted molar refractivity (Wildman–Crippen MR) is 112 cm³/mol. The lowest BCUT2D eigenvalue weighted by Gasteiger charge is -2.34. The highest BCUT2D eigenvalue weighted by atomic mass is 32.2. The number of carbonyl (C=O) groups is 2. The molecule has 2 heterocycles. The summed E-state index contributed by atoms with van der Waals surface area (Å²) in [4.78, 5) is 40.1. The first-order chi connectivity index (χ1) is 14.5. The molecule has 2 aromatic rings. The Morgan fingerprint density at radius 2 is 2.03 bits per heavy atom. The molecule has 0 aliphatic carbocycles. The summed E-state index contributed by atoms with van der Waals surface area (Å²) in [6, 6.07) is 5.76.